The number of nitrogens with zero attached hydrogens (tertiary/aromatic N) is 1. The first kappa shape index (κ1) is 25.3. The lowest BCUT2D eigenvalue weighted by Gasteiger charge is -2.32. The van der Waals surface area contributed by atoms with E-state index in [1.807, 2.05) is 0 Å². The average Bonchev–Trinajstić information content (AvgIpc) is 2.83. The molecule has 0 bridgehead atoms. The molecule has 1 N–H and O–H groups in total. The summed E-state index contributed by atoms with van der Waals surface area (Å²) in [6, 6.07) is 11.1. The molecule has 1 aliphatic rings. The van der Waals surface area contributed by atoms with E-state index in [-0.39, 0.29) is 42.2 Å². The summed E-state index contributed by atoms with van der Waals surface area (Å²) in [5.41, 5.74) is 1.50. The zero-order valence-corrected chi connectivity index (χ0v) is 19.3. The van der Waals surface area contributed by atoms with Crippen molar-refractivity contribution in [2.45, 2.75) is 44.6 Å². The lowest BCUT2D eigenvalue weighted by atomic mass is 9.92. The summed E-state index contributed by atoms with van der Waals surface area (Å²) < 4.78 is 31.2. The number of aryl methyl sites for hydroxylation is 1. The molecule has 182 valence electrons. The van der Waals surface area contributed by atoms with E-state index in [0.29, 0.717) is 44.3 Å². The Balaban J connectivity index is 1.43. The van der Waals surface area contributed by atoms with Crippen molar-refractivity contribution in [2.75, 3.05) is 20.2 Å². The smallest absolute Gasteiger partial charge is 0.328 e. The summed E-state index contributed by atoms with van der Waals surface area (Å²) in [6.45, 7) is 1.13. The molecular weight excluding hydrogens is 442 g/mol. The van der Waals surface area contributed by atoms with Crippen LogP contribution in [0.5, 0.6) is 0 Å². The van der Waals surface area contributed by atoms with Gasteiger partial charge in [-0.15, -0.1) is 0 Å². The molecule has 2 amide bonds. The number of piperidine rings is 1. The number of halogens is 2. The summed E-state index contributed by atoms with van der Waals surface area (Å²) in [5, 5.41) is 2.74. The Bertz CT molecular complexity index is 989. The van der Waals surface area contributed by atoms with E-state index < -0.39 is 12.0 Å². The van der Waals surface area contributed by atoms with E-state index >= 15 is 0 Å². The van der Waals surface area contributed by atoms with Crippen LogP contribution in [0.15, 0.2) is 48.5 Å². The van der Waals surface area contributed by atoms with Crippen LogP contribution in [0.3, 0.4) is 0 Å². The van der Waals surface area contributed by atoms with Gasteiger partial charge in [0.25, 0.3) is 0 Å². The van der Waals surface area contributed by atoms with Crippen LogP contribution >= 0.6 is 0 Å². The number of amides is 2. The fourth-order valence-corrected chi connectivity index (χ4v) is 4.20. The van der Waals surface area contributed by atoms with Crippen LogP contribution in [0.4, 0.5) is 8.78 Å². The highest BCUT2D eigenvalue weighted by molar-refractivity contribution is 5.84. The molecule has 0 aliphatic carbocycles. The van der Waals surface area contributed by atoms with E-state index in [1.165, 1.54) is 31.4 Å². The number of esters is 1. The second-order valence-electron chi connectivity index (χ2n) is 8.63. The minimum Gasteiger partial charge on any atom is -0.467 e. The molecule has 2 aromatic carbocycles. The standard InChI is InChI=1S/C26H30F2N2O4/c1-34-26(33)23(16-19-5-8-21(27)9-6-19)29-24(31)17-20-11-13-30(14-12-20)25(32)10-7-18-3-2-4-22(28)15-18/h2-6,8-9,15,20,23H,7,10-14,16-17H2,1H3,(H,29,31)/t23-/m0/s1. The molecule has 1 heterocycles. The van der Waals surface area contributed by atoms with Gasteiger partial charge < -0.3 is 15.0 Å². The summed E-state index contributed by atoms with van der Waals surface area (Å²) in [5.74, 6) is -1.37. The maximum Gasteiger partial charge on any atom is 0.328 e. The first-order valence-electron chi connectivity index (χ1n) is 11.5. The number of rotatable bonds is 9. The Hall–Kier alpha value is -3.29. The van der Waals surface area contributed by atoms with Gasteiger partial charge in [0, 0.05) is 32.4 Å². The largest absolute Gasteiger partial charge is 0.467 e. The second kappa shape index (κ2) is 12.3. The van der Waals surface area contributed by atoms with Crippen molar-refractivity contribution in [1.29, 1.82) is 0 Å². The molecule has 6 nitrogen and oxygen atoms in total. The number of likely N-dealkylation sites (tertiary alicyclic amines) is 1. The minimum atomic E-state index is -0.854. The molecule has 2 aromatic rings. The molecule has 1 fully saturated rings. The topological polar surface area (TPSA) is 75.7 Å². The summed E-state index contributed by atoms with van der Waals surface area (Å²) >= 11 is 0. The van der Waals surface area contributed by atoms with E-state index in [2.05, 4.69) is 5.32 Å². The Morgan fingerprint density at radius 1 is 1.03 bits per heavy atom. The second-order valence-corrected chi connectivity index (χ2v) is 8.63. The lowest BCUT2D eigenvalue weighted by Crippen LogP contribution is -2.44. The summed E-state index contributed by atoms with van der Waals surface area (Å²) in [6.07, 6.45) is 2.65. The van der Waals surface area contributed by atoms with Crippen LogP contribution in [0.2, 0.25) is 0 Å². The molecule has 34 heavy (non-hydrogen) atoms. The van der Waals surface area contributed by atoms with Crippen molar-refractivity contribution < 1.29 is 27.9 Å². The summed E-state index contributed by atoms with van der Waals surface area (Å²) in [7, 11) is 1.26. The fourth-order valence-electron chi connectivity index (χ4n) is 4.20. The third-order valence-corrected chi connectivity index (χ3v) is 6.13. The fraction of sp³-hybridized carbons (Fsp3) is 0.423. The quantitative estimate of drug-likeness (QED) is 0.568. The van der Waals surface area contributed by atoms with Crippen molar-refractivity contribution in [1.82, 2.24) is 10.2 Å². The SMILES string of the molecule is COC(=O)[C@H](Cc1ccc(F)cc1)NC(=O)CC1CCN(C(=O)CCc2cccc(F)c2)CC1. The predicted molar refractivity (Wildman–Crippen MR) is 123 cm³/mol. The third kappa shape index (κ3) is 7.64. The van der Waals surface area contributed by atoms with E-state index in [4.69, 9.17) is 4.74 Å². The van der Waals surface area contributed by atoms with E-state index in [9.17, 15) is 23.2 Å². The average molecular weight is 473 g/mol. The van der Waals surface area contributed by atoms with Gasteiger partial charge in [-0.25, -0.2) is 13.6 Å². The predicted octanol–water partition coefficient (Wildman–Crippen LogP) is 3.43. The first-order valence-corrected chi connectivity index (χ1v) is 11.5. The Labute approximate surface area is 198 Å². The van der Waals surface area contributed by atoms with Gasteiger partial charge in [-0.3, -0.25) is 9.59 Å². The van der Waals surface area contributed by atoms with Gasteiger partial charge in [0.15, 0.2) is 0 Å². The van der Waals surface area contributed by atoms with Gasteiger partial charge in [-0.2, -0.15) is 0 Å². The van der Waals surface area contributed by atoms with Gasteiger partial charge in [-0.05, 0) is 60.6 Å². The third-order valence-electron chi connectivity index (χ3n) is 6.13. The number of hydrogen-bond acceptors (Lipinski definition) is 4. The van der Waals surface area contributed by atoms with Crippen molar-refractivity contribution in [2.24, 2.45) is 5.92 Å². The number of hydrogen-bond donors (Lipinski definition) is 1. The maximum absolute atomic E-state index is 13.3. The zero-order valence-electron chi connectivity index (χ0n) is 19.3. The van der Waals surface area contributed by atoms with Gasteiger partial charge in [0.2, 0.25) is 11.8 Å². The molecule has 3 rings (SSSR count). The molecular formula is C26H30F2N2O4. The maximum atomic E-state index is 13.3. The van der Waals surface area contributed by atoms with Crippen LogP contribution in [0.1, 0.15) is 36.8 Å². The molecule has 0 saturated carbocycles. The van der Waals surface area contributed by atoms with Gasteiger partial charge in [-0.1, -0.05) is 24.3 Å². The number of carbonyl (C=O) groups excluding carboxylic acids is 3. The van der Waals surface area contributed by atoms with E-state index in [1.54, 1.807) is 29.2 Å². The number of carbonyl (C=O) groups is 3. The molecule has 0 unspecified atom stereocenters. The first-order chi connectivity index (χ1) is 16.3. The van der Waals surface area contributed by atoms with E-state index in [0.717, 1.165) is 5.56 Å². The van der Waals surface area contributed by atoms with Crippen molar-refractivity contribution in [3.8, 4) is 0 Å². The Kier molecular flexibility index (Phi) is 9.13. The number of ether oxygens (including phenoxy) is 1. The molecule has 1 saturated heterocycles. The Morgan fingerprint density at radius 2 is 1.74 bits per heavy atom. The number of benzene rings is 2. The van der Waals surface area contributed by atoms with Gasteiger partial charge >= 0.3 is 5.97 Å². The number of nitrogens with one attached hydrogen (secondary N) is 1. The highest BCUT2D eigenvalue weighted by atomic mass is 19.1. The van der Waals surface area contributed by atoms with Crippen LogP contribution in [-0.2, 0) is 32.0 Å². The Morgan fingerprint density at radius 3 is 2.38 bits per heavy atom. The molecule has 1 atom stereocenters. The summed E-state index contributed by atoms with van der Waals surface area (Å²) in [4.78, 5) is 39.0. The van der Waals surface area contributed by atoms with Crippen molar-refractivity contribution >= 4 is 17.8 Å². The van der Waals surface area contributed by atoms with Gasteiger partial charge in [0.05, 0.1) is 7.11 Å². The molecule has 1 aliphatic heterocycles. The van der Waals surface area contributed by atoms with Crippen LogP contribution in [0.25, 0.3) is 0 Å². The molecule has 0 radical (unpaired) electrons. The highest BCUT2D eigenvalue weighted by Gasteiger charge is 2.27. The van der Waals surface area contributed by atoms with Crippen LogP contribution in [-0.4, -0.2) is 48.9 Å². The molecule has 0 spiro atoms. The normalized spacial score (nSPS) is 15.0. The highest BCUT2D eigenvalue weighted by Crippen LogP contribution is 2.22. The van der Waals surface area contributed by atoms with Crippen LogP contribution < -0.4 is 5.32 Å². The molecule has 8 heteroatoms. The van der Waals surface area contributed by atoms with Crippen molar-refractivity contribution in [3.05, 3.63) is 71.3 Å². The zero-order chi connectivity index (χ0) is 24.5. The molecule has 0 aromatic heterocycles. The van der Waals surface area contributed by atoms with Crippen LogP contribution in [0, 0.1) is 17.6 Å². The van der Waals surface area contributed by atoms with Gasteiger partial charge in [0.1, 0.15) is 17.7 Å². The van der Waals surface area contributed by atoms with Crippen molar-refractivity contribution in [3.63, 3.8) is 0 Å². The number of methoxy groups -OCH3 is 1. The monoisotopic (exact) mass is 472 g/mol. The lowest BCUT2D eigenvalue weighted by molar-refractivity contribution is -0.145. The minimum absolute atomic E-state index is 0.0252.